The highest BCUT2D eigenvalue weighted by Gasteiger charge is 2.10. The molecule has 6 heteroatoms. The summed E-state index contributed by atoms with van der Waals surface area (Å²) < 4.78 is 5.38. The van der Waals surface area contributed by atoms with E-state index in [1.807, 2.05) is 42.5 Å². The number of hydroxylamine groups is 1. The third kappa shape index (κ3) is 6.15. The normalized spacial score (nSPS) is 14.8. The summed E-state index contributed by atoms with van der Waals surface area (Å²) in [6.45, 7) is 5.21. The number of morpholine rings is 1. The first kappa shape index (κ1) is 18.4. The molecule has 0 spiro atoms. The summed E-state index contributed by atoms with van der Waals surface area (Å²) in [5.74, 6) is 0. The van der Waals surface area contributed by atoms with Gasteiger partial charge in [0.15, 0.2) is 0 Å². The Morgan fingerprint density at radius 3 is 2.54 bits per heavy atom. The van der Waals surface area contributed by atoms with Crippen LogP contribution in [0.4, 0.5) is 4.79 Å². The van der Waals surface area contributed by atoms with Crippen molar-refractivity contribution in [2.75, 3.05) is 26.3 Å². The van der Waals surface area contributed by atoms with Gasteiger partial charge in [0.05, 0.1) is 19.8 Å². The monoisotopic (exact) mass is 355 g/mol. The zero-order valence-corrected chi connectivity index (χ0v) is 14.8. The van der Waals surface area contributed by atoms with Crippen molar-refractivity contribution < 1.29 is 14.4 Å². The quantitative estimate of drug-likeness (QED) is 0.749. The van der Waals surface area contributed by atoms with Gasteiger partial charge in [-0.05, 0) is 16.7 Å². The fourth-order valence-electron chi connectivity index (χ4n) is 2.83. The Labute approximate surface area is 154 Å². The Balaban J connectivity index is 1.39. The molecule has 0 atom stereocenters. The zero-order valence-electron chi connectivity index (χ0n) is 14.8. The fourth-order valence-corrected chi connectivity index (χ4v) is 2.83. The van der Waals surface area contributed by atoms with Gasteiger partial charge in [0.25, 0.3) is 0 Å². The molecule has 3 rings (SSSR count). The summed E-state index contributed by atoms with van der Waals surface area (Å²) in [4.78, 5) is 19.4. The van der Waals surface area contributed by atoms with Crippen LogP contribution < -0.4 is 10.8 Å². The van der Waals surface area contributed by atoms with Gasteiger partial charge in [0.1, 0.15) is 0 Å². The van der Waals surface area contributed by atoms with Crippen molar-refractivity contribution in [3.05, 3.63) is 71.3 Å². The first-order chi connectivity index (χ1) is 12.8. The lowest BCUT2D eigenvalue weighted by Gasteiger charge is -2.26. The maximum atomic E-state index is 11.8. The van der Waals surface area contributed by atoms with Gasteiger partial charge in [-0.15, -0.1) is 0 Å². The number of urea groups is 1. The van der Waals surface area contributed by atoms with E-state index < -0.39 is 0 Å². The number of hydrogen-bond acceptors (Lipinski definition) is 4. The molecular formula is C20H25N3O3. The second-order valence-electron chi connectivity index (χ2n) is 6.27. The summed E-state index contributed by atoms with van der Waals surface area (Å²) in [5, 5.41) is 2.81. The van der Waals surface area contributed by atoms with Crippen molar-refractivity contribution in [2.24, 2.45) is 0 Å². The molecule has 1 aliphatic rings. The molecule has 1 heterocycles. The van der Waals surface area contributed by atoms with Gasteiger partial charge in [-0.3, -0.25) is 9.74 Å². The standard InChI is InChI=1S/C20H25N3O3/c24-20(22-26-16-17-5-2-1-3-6-17)21-14-18-7-4-8-19(13-18)15-23-9-11-25-12-10-23/h1-8,13H,9-12,14-16H2,(H2,21,22,24). The Morgan fingerprint density at radius 1 is 1.00 bits per heavy atom. The van der Waals surface area contributed by atoms with Crippen LogP contribution in [0, 0.1) is 0 Å². The molecule has 1 fully saturated rings. The molecule has 2 aromatic rings. The molecule has 0 bridgehead atoms. The van der Waals surface area contributed by atoms with Crippen LogP contribution in [0.25, 0.3) is 0 Å². The Morgan fingerprint density at radius 2 is 1.73 bits per heavy atom. The summed E-state index contributed by atoms with van der Waals surface area (Å²) in [6, 6.07) is 17.6. The number of rotatable bonds is 7. The molecule has 1 aliphatic heterocycles. The minimum atomic E-state index is -0.348. The SMILES string of the molecule is O=C(NCc1cccc(CN2CCOCC2)c1)NOCc1ccccc1. The van der Waals surface area contributed by atoms with Crippen molar-refractivity contribution >= 4 is 6.03 Å². The van der Waals surface area contributed by atoms with Crippen molar-refractivity contribution in [3.63, 3.8) is 0 Å². The van der Waals surface area contributed by atoms with E-state index >= 15 is 0 Å². The average Bonchev–Trinajstić information content (AvgIpc) is 2.68. The molecule has 138 valence electrons. The number of nitrogens with one attached hydrogen (secondary N) is 2. The molecule has 26 heavy (non-hydrogen) atoms. The van der Waals surface area contributed by atoms with Crippen LogP contribution in [0.1, 0.15) is 16.7 Å². The van der Waals surface area contributed by atoms with E-state index in [0.29, 0.717) is 13.2 Å². The third-order valence-electron chi connectivity index (χ3n) is 4.20. The number of amides is 2. The van der Waals surface area contributed by atoms with Crippen LogP contribution in [-0.2, 0) is 29.3 Å². The molecule has 0 aliphatic carbocycles. The van der Waals surface area contributed by atoms with E-state index in [1.54, 1.807) is 0 Å². The van der Waals surface area contributed by atoms with E-state index in [0.717, 1.165) is 44.0 Å². The highest BCUT2D eigenvalue weighted by atomic mass is 16.7. The van der Waals surface area contributed by atoms with Crippen LogP contribution in [-0.4, -0.2) is 37.2 Å². The first-order valence-electron chi connectivity index (χ1n) is 8.87. The van der Waals surface area contributed by atoms with Gasteiger partial charge in [-0.25, -0.2) is 10.3 Å². The van der Waals surface area contributed by atoms with Crippen molar-refractivity contribution in [3.8, 4) is 0 Å². The van der Waals surface area contributed by atoms with Gasteiger partial charge in [0.2, 0.25) is 0 Å². The maximum Gasteiger partial charge on any atom is 0.338 e. The summed E-state index contributed by atoms with van der Waals surface area (Å²) in [7, 11) is 0. The maximum absolute atomic E-state index is 11.8. The van der Waals surface area contributed by atoms with Crippen LogP contribution in [0.15, 0.2) is 54.6 Å². The highest BCUT2D eigenvalue weighted by Crippen LogP contribution is 2.10. The van der Waals surface area contributed by atoms with Crippen molar-refractivity contribution in [2.45, 2.75) is 19.7 Å². The topological polar surface area (TPSA) is 62.8 Å². The van der Waals surface area contributed by atoms with Gasteiger partial charge < -0.3 is 10.1 Å². The minimum Gasteiger partial charge on any atom is -0.379 e. The van der Waals surface area contributed by atoms with Crippen LogP contribution in [0.5, 0.6) is 0 Å². The fraction of sp³-hybridized carbons (Fsp3) is 0.350. The van der Waals surface area contributed by atoms with Gasteiger partial charge in [-0.1, -0.05) is 54.6 Å². The molecule has 0 saturated carbocycles. The lowest BCUT2D eigenvalue weighted by Crippen LogP contribution is -2.36. The lowest BCUT2D eigenvalue weighted by atomic mass is 10.1. The largest absolute Gasteiger partial charge is 0.379 e. The Bertz CT molecular complexity index is 688. The second-order valence-corrected chi connectivity index (χ2v) is 6.27. The van der Waals surface area contributed by atoms with E-state index in [9.17, 15) is 4.79 Å². The molecular weight excluding hydrogens is 330 g/mol. The average molecular weight is 355 g/mol. The van der Waals surface area contributed by atoms with E-state index in [-0.39, 0.29) is 6.03 Å². The van der Waals surface area contributed by atoms with Gasteiger partial charge in [-0.2, -0.15) is 0 Å². The summed E-state index contributed by atoms with van der Waals surface area (Å²) in [6.07, 6.45) is 0. The zero-order chi connectivity index (χ0) is 18.0. The number of nitrogens with zero attached hydrogens (tertiary/aromatic N) is 1. The molecule has 0 unspecified atom stereocenters. The molecule has 6 nitrogen and oxygen atoms in total. The molecule has 0 aromatic heterocycles. The highest BCUT2D eigenvalue weighted by molar-refractivity contribution is 5.72. The number of hydrogen-bond donors (Lipinski definition) is 2. The molecule has 2 amide bonds. The molecule has 2 aromatic carbocycles. The Hall–Kier alpha value is -2.41. The van der Waals surface area contributed by atoms with E-state index in [1.165, 1.54) is 5.56 Å². The van der Waals surface area contributed by atoms with Crippen molar-refractivity contribution in [1.82, 2.24) is 15.7 Å². The third-order valence-corrected chi connectivity index (χ3v) is 4.20. The lowest BCUT2D eigenvalue weighted by molar-refractivity contribution is 0.0342. The first-order valence-corrected chi connectivity index (χ1v) is 8.87. The predicted molar refractivity (Wildman–Crippen MR) is 99.1 cm³/mol. The minimum absolute atomic E-state index is 0.337. The predicted octanol–water partition coefficient (Wildman–Crippen LogP) is 2.45. The number of carbonyl (C=O) groups excluding carboxylic acids is 1. The molecule has 1 saturated heterocycles. The van der Waals surface area contributed by atoms with Crippen LogP contribution in [0.3, 0.4) is 0 Å². The van der Waals surface area contributed by atoms with Crippen LogP contribution >= 0.6 is 0 Å². The Kier molecular flexibility index (Phi) is 7.01. The van der Waals surface area contributed by atoms with E-state index in [2.05, 4.69) is 27.8 Å². The number of ether oxygens (including phenoxy) is 1. The van der Waals surface area contributed by atoms with E-state index in [4.69, 9.17) is 9.57 Å². The molecule has 0 radical (unpaired) electrons. The summed E-state index contributed by atoms with van der Waals surface area (Å²) in [5.41, 5.74) is 5.72. The molecule has 2 N–H and O–H groups in total. The van der Waals surface area contributed by atoms with Crippen LogP contribution in [0.2, 0.25) is 0 Å². The second kappa shape index (κ2) is 9.91. The summed E-state index contributed by atoms with van der Waals surface area (Å²) >= 11 is 0. The smallest absolute Gasteiger partial charge is 0.338 e. The van der Waals surface area contributed by atoms with Gasteiger partial charge >= 0.3 is 6.03 Å². The van der Waals surface area contributed by atoms with Crippen molar-refractivity contribution in [1.29, 1.82) is 0 Å². The number of carbonyl (C=O) groups is 1. The number of benzene rings is 2. The van der Waals surface area contributed by atoms with Gasteiger partial charge in [0, 0.05) is 26.2 Å².